The fourth-order valence-corrected chi connectivity index (χ4v) is 0.360. The molecular weight excluding hydrogens is 132 g/mol. The highest BCUT2D eigenvalue weighted by atomic mass is 16.5. The van der Waals surface area contributed by atoms with E-state index in [1.54, 1.807) is 6.92 Å². The second-order valence-electron chi connectivity index (χ2n) is 2.31. The third-order valence-corrected chi connectivity index (χ3v) is 1.23. The molecular formula is C7H12O3. The van der Waals surface area contributed by atoms with Crippen molar-refractivity contribution < 1.29 is 14.3 Å². The van der Waals surface area contributed by atoms with Crippen molar-refractivity contribution in [1.82, 2.24) is 0 Å². The lowest BCUT2D eigenvalue weighted by Crippen LogP contribution is -2.15. The molecule has 0 rings (SSSR count). The van der Waals surface area contributed by atoms with Gasteiger partial charge in [-0.05, 0) is 6.92 Å². The maximum Gasteiger partial charge on any atom is 0.302 e. The second kappa shape index (κ2) is 4.04. The zero-order chi connectivity index (χ0) is 8.15. The van der Waals surface area contributed by atoms with Crippen molar-refractivity contribution in [2.24, 2.45) is 5.92 Å². The zero-order valence-corrected chi connectivity index (χ0v) is 6.51. The van der Waals surface area contributed by atoms with Crippen molar-refractivity contribution >= 4 is 11.8 Å². The van der Waals surface area contributed by atoms with Crippen LogP contribution in [0.3, 0.4) is 0 Å². The first-order chi connectivity index (χ1) is 4.54. The first kappa shape index (κ1) is 9.14. The molecule has 0 aromatic heterocycles. The van der Waals surface area contributed by atoms with Crippen molar-refractivity contribution in [3.8, 4) is 0 Å². The van der Waals surface area contributed by atoms with Gasteiger partial charge in [-0.2, -0.15) is 0 Å². The van der Waals surface area contributed by atoms with Crippen molar-refractivity contribution in [2.45, 2.75) is 20.8 Å². The molecule has 0 amide bonds. The predicted molar refractivity (Wildman–Crippen MR) is 36.5 cm³/mol. The average molecular weight is 144 g/mol. The minimum absolute atomic E-state index is 0.0428. The highest BCUT2D eigenvalue weighted by Gasteiger charge is 2.07. The van der Waals surface area contributed by atoms with E-state index in [0.717, 1.165) is 0 Å². The summed E-state index contributed by atoms with van der Waals surface area (Å²) in [5.41, 5.74) is 0. The molecule has 1 atom stereocenters. The summed E-state index contributed by atoms with van der Waals surface area (Å²) in [6.07, 6.45) is 0. The summed E-state index contributed by atoms with van der Waals surface area (Å²) in [7, 11) is 0. The summed E-state index contributed by atoms with van der Waals surface area (Å²) in [4.78, 5) is 20.8. The van der Waals surface area contributed by atoms with Gasteiger partial charge in [0.1, 0.15) is 12.4 Å². The van der Waals surface area contributed by atoms with Crippen molar-refractivity contribution in [3.63, 3.8) is 0 Å². The van der Waals surface area contributed by atoms with E-state index in [2.05, 4.69) is 4.74 Å². The van der Waals surface area contributed by atoms with Gasteiger partial charge in [0.05, 0.1) is 0 Å². The number of ether oxygens (including phenoxy) is 1. The Morgan fingerprint density at radius 1 is 1.40 bits per heavy atom. The standard InChI is InChI=1S/C7H12O3/c1-5(6(2)8)4-10-7(3)9/h5H,4H2,1-3H3/t5-/m1/s1. The van der Waals surface area contributed by atoms with E-state index in [4.69, 9.17) is 0 Å². The van der Waals surface area contributed by atoms with Crippen molar-refractivity contribution in [1.29, 1.82) is 0 Å². The van der Waals surface area contributed by atoms with Gasteiger partial charge >= 0.3 is 5.97 Å². The Labute approximate surface area is 60.4 Å². The first-order valence-electron chi connectivity index (χ1n) is 3.18. The van der Waals surface area contributed by atoms with Crippen LogP contribution in [0.1, 0.15) is 20.8 Å². The van der Waals surface area contributed by atoms with Crippen molar-refractivity contribution in [3.05, 3.63) is 0 Å². The molecule has 0 fully saturated rings. The number of carbonyl (C=O) groups excluding carboxylic acids is 2. The molecule has 0 aliphatic carbocycles. The Hall–Kier alpha value is -0.860. The molecule has 0 saturated carbocycles. The fraction of sp³-hybridized carbons (Fsp3) is 0.714. The van der Waals surface area contributed by atoms with Crippen LogP contribution in [0.2, 0.25) is 0 Å². The Balaban J connectivity index is 3.49. The second-order valence-corrected chi connectivity index (χ2v) is 2.31. The summed E-state index contributed by atoms with van der Waals surface area (Å²) >= 11 is 0. The molecule has 0 aliphatic heterocycles. The minimum atomic E-state index is -0.340. The molecule has 58 valence electrons. The molecule has 0 aromatic rings. The largest absolute Gasteiger partial charge is 0.465 e. The number of esters is 1. The van der Waals surface area contributed by atoms with E-state index < -0.39 is 0 Å². The smallest absolute Gasteiger partial charge is 0.302 e. The van der Waals surface area contributed by atoms with Crippen LogP contribution in [0.15, 0.2) is 0 Å². The lowest BCUT2D eigenvalue weighted by molar-refractivity contribution is -0.143. The highest BCUT2D eigenvalue weighted by Crippen LogP contribution is 1.96. The summed E-state index contributed by atoms with van der Waals surface area (Å²) in [6.45, 7) is 4.73. The van der Waals surface area contributed by atoms with E-state index in [1.807, 2.05) is 0 Å². The molecule has 0 aromatic carbocycles. The van der Waals surface area contributed by atoms with Gasteiger partial charge in [0.15, 0.2) is 0 Å². The van der Waals surface area contributed by atoms with Crippen LogP contribution < -0.4 is 0 Å². The predicted octanol–water partition coefficient (Wildman–Crippen LogP) is 0.775. The molecule has 3 heteroatoms. The minimum Gasteiger partial charge on any atom is -0.465 e. The van der Waals surface area contributed by atoms with Gasteiger partial charge in [-0.3, -0.25) is 9.59 Å². The van der Waals surface area contributed by atoms with Crippen LogP contribution in [0.25, 0.3) is 0 Å². The quantitative estimate of drug-likeness (QED) is 0.549. The Morgan fingerprint density at radius 2 is 1.90 bits per heavy atom. The topological polar surface area (TPSA) is 43.4 Å². The normalized spacial score (nSPS) is 12.3. The van der Waals surface area contributed by atoms with E-state index in [1.165, 1.54) is 13.8 Å². The number of rotatable bonds is 3. The van der Waals surface area contributed by atoms with Gasteiger partial charge in [0.2, 0.25) is 0 Å². The first-order valence-corrected chi connectivity index (χ1v) is 3.18. The van der Waals surface area contributed by atoms with E-state index in [-0.39, 0.29) is 24.3 Å². The molecule has 0 radical (unpaired) electrons. The molecule has 3 nitrogen and oxygen atoms in total. The number of Topliss-reactive ketones (excluding diaryl/α,β-unsaturated/α-hetero) is 1. The van der Waals surface area contributed by atoms with Crippen LogP contribution in [0.4, 0.5) is 0 Å². The SMILES string of the molecule is CC(=O)OC[C@@H](C)C(C)=O. The highest BCUT2D eigenvalue weighted by molar-refractivity contribution is 5.78. The molecule has 0 N–H and O–H groups in total. The lowest BCUT2D eigenvalue weighted by atomic mass is 10.1. The number of carbonyl (C=O) groups is 2. The third kappa shape index (κ3) is 4.06. The van der Waals surface area contributed by atoms with Crippen LogP contribution in [-0.4, -0.2) is 18.4 Å². The Kier molecular flexibility index (Phi) is 3.69. The summed E-state index contributed by atoms with van der Waals surface area (Å²) in [5.74, 6) is -0.474. The summed E-state index contributed by atoms with van der Waals surface area (Å²) in [5, 5.41) is 0. The van der Waals surface area contributed by atoms with Gasteiger partial charge in [0.25, 0.3) is 0 Å². The molecule has 0 spiro atoms. The van der Waals surface area contributed by atoms with Gasteiger partial charge in [-0.1, -0.05) is 6.92 Å². The van der Waals surface area contributed by atoms with E-state index in [9.17, 15) is 9.59 Å². The maximum absolute atomic E-state index is 10.6. The summed E-state index contributed by atoms with van der Waals surface area (Å²) in [6, 6.07) is 0. The number of hydrogen-bond acceptors (Lipinski definition) is 3. The average Bonchev–Trinajstić information content (AvgIpc) is 1.82. The van der Waals surface area contributed by atoms with Crippen LogP contribution in [0.5, 0.6) is 0 Å². The molecule has 0 heterocycles. The Morgan fingerprint density at radius 3 is 2.20 bits per heavy atom. The van der Waals surface area contributed by atoms with Crippen LogP contribution in [0, 0.1) is 5.92 Å². The fourth-order valence-electron chi connectivity index (χ4n) is 0.360. The van der Waals surface area contributed by atoms with Gasteiger partial charge < -0.3 is 4.74 Å². The lowest BCUT2D eigenvalue weighted by Gasteiger charge is -2.05. The van der Waals surface area contributed by atoms with Gasteiger partial charge in [-0.25, -0.2) is 0 Å². The Bertz CT molecular complexity index is 140. The van der Waals surface area contributed by atoms with E-state index >= 15 is 0 Å². The van der Waals surface area contributed by atoms with Crippen LogP contribution in [-0.2, 0) is 14.3 Å². The maximum atomic E-state index is 10.6. The third-order valence-electron chi connectivity index (χ3n) is 1.23. The van der Waals surface area contributed by atoms with Gasteiger partial charge in [0, 0.05) is 12.8 Å². The van der Waals surface area contributed by atoms with Gasteiger partial charge in [-0.15, -0.1) is 0 Å². The molecule has 0 aliphatic rings. The van der Waals surface area contributed by atoms with Crippen LogP contribution >= 0.6 is 0 Å². The molecule has 0 unspecified atom stereocenters. The van der Waals surface area contributed by atoms with E-state index in [0.29, 0.717) is 0 Å². The zero-order valence-electron chi connectivity index (χ0n) is 6.51. The number of ketones is 1. The summed E-state index contributed by atoms with van der Waals surface area (Å²) < 4.78 is 4.61. The molecule has 0 saturated heterocycles. The number of hydrogen-bond donors (Lipinski definition) is 0. The monoisotopic (exact) mass is 144 g/mol. The molecule has 0 bridgehead atoms. The molecule has 10 heavy (non-hydrogen) atoms. The van der Waals surface area contributed by atoms with Crippen molar-refractivity contribution in [2.75, 3.05) is 6.61 Å².